The Kier molecular flexibility index (Phi) is 5.21. The second-order valence-corrected chi connectivity index (χ2v) is 6.99. The van der Waals surface area contributed by atoms with Gasteiger partial charge in [0.25, 0.3) is 0 Å². The number of hydrogen-bond acceptors (Lipinski definition) is 5. The first kappa shape index (κ1) is 18.4. The lowest BCUT2D eigenvalue weighted by atomic mass is 10.1. The Labute approximate surface area is 163 Å². The molecule has 2 aromatic carbocycles. The number of rotatable bonds is 6. The lowest BCUT2D eigenvalue weighted by Crippen LogP contribution is -2.25. The highest BCUT2D eigenvalue weighted by atomic mass is 16.5. The van der Waals surface area contributed by atoms with Gasteiger partial charge in [-0.15, -0.1) is 0 Å². The number of aromatic amines is 1. The molecular formula is C22H24N2O4. The van der Waals surface area contributed by atoms with Crippen molar-refractivity contribution in [3.05, 3.63) is 52.7 Å². The smallest absolute Gasteiger partial charge is 0.193 e. The third-order valence-corrected chi connectivity index (χ3v) is 5.16. The number of methoxy groups -OCH3 is 1. The van der Waals surface area contributed by atoms with Crippen molar-refractivity contribution in [1.82, 2.24) is 9.88 Å². The van der Waals surface area contributed by atoms with Crippen LogP contribution in [0.4, 0.5) is 0 Å². The summed E-state index contributed by atoms with van der Waals surface area (Å²) in [7, 11) is 1.53. The number of fused-ring (bicyclic) bond motifs is 1. The lowest BCUT2D eigenvalue weighted by Gasteiger charge is -2.18. The maximum absolute atomic E-state index is 12.7. The summed E-state index contributed by atoms with van der Waals surface area (Å²) < 4.78 is 11.5. The van der Waals surface area contributed by atoms with Gasteiger partial charge in [0.05, 0.1) is 12.5 Å². The number of nitrogens with one attached hydrogen (secondary N) is 1. The number of ether oxygens (including phenoxy) is 2. The topological polar surface area (TPSA) is 74.8 Å². The maximum Gasteiger partial charge on any atom is 0.193 e. The summed E-state index contributed by atoms with van der Waals surface area (Å²) in [5.41, 5.74) is 1.70. The van der Waals surface area contributed by atoms with Crippen LogP contribution in [0.5, 0.6) is 17.2 Å². The van der Waals surface area contributed by atoms with E-state index >= 15 is 0 Å². The largest absolute Gasteiger partial charge is 0.507 e. The van der Waals surface area contributed by atoms with Crippen LogP contribution in [0.3, 0.4) is 0 Å². The SMILES string of the molecule is COc1c(OCCN2CCCC2)cc(O)c2c(=O)cc(-c3ccccc3)[nH]c12. The molecule has 0 spiro atoms. The predicted octanol–water partition coefficient (Wildman–Crippen LogP) is 3.38. The third-order valence-electron chi connectivity index (χ3n) is 5.16. The van der Waals surface area contributed by atoms with Crippen LogP contribution in [-0.4, -0.2) is 48.3 Å². The van der Waals surface area contributed by atoms with E-state index < -0.39 is 0 Å². The van der Waals surface area contributed by atoms with Crippen molar-refractivity contribution in [2.75, 3.05) is 33.4 Å². The van der Waals surface area contributed by atoms with E-state index in [0.29, 0.717) is 29.3 Å². The van der Waals surface area contributed by atoms with Gasteiger partial charge in [-0.05, 0) is 31.5 Å². The minimum atomic E-state index is -0.271. The van der Waals surface area contributed by atoms with Gasteiger partial charge in [-0.3, -0.25) is 9.69 Å². The summed E-state index contributed by atoms with van der Waals surface area (Å²) in [5, 5.41) is 10.7. The first-order valence-corrected chi connectivity index (χ1v) is 9.55. The zero-order valence-corrected chi connectivity index (χ0v) is 15.9. The summed E-state index contributed by atoms with van der Waals surface area (Å²) in [6, 6.07) is 12.5. The number of H-pyrrole nitrogens is 1. The zero-order valence-electron chi connectivity index (χ0n) is 15.9. The summed E-state index contributed by atoms with van der Waals surface area (Å²) >= 11 is 0. The van der Waals surface area contributed by atoms with Gasteiger partial charge in [0.2, 0.25) is 0 Å². The molecule has 2 N–H and O–H groups in total. The Balaban J connectivity index is 1.73. The number of hydrogen-bond donors (Lipinski definition) is 2. The Hall–Kier alpha value is -2.99. The first-order chi connectivity index (χ1) is 13.7. The molecule has 0 atom stereocenters. The summed E-state index contributed by atoms with van der Waals surface area (Å²) in [6.07, 6.45) is 2.45. The van der Waals surface area contributed by atoms with Gasteiger partial charge in [-0.2, -0.15) is 0 Å². The minimum Gasteiger partial charge on any atom is -0.507 e. The van der Waals surface area contributed by atoms with Crippen LogP contribution in [0.15, 0.2) is 47.3 Å². The van der Waals surface area contributed by atoms with Crippen LogP contribution < -0.4 is 14.9 Å². The molecule has 2 heterocycles. The molecule has 0 amide bonds. The molecule has 0 saturated carbocycles. The molecule has 1 aliphatic heterocycles. The normalized spacial score (nSPS) is 14.5. The van der Waals surface area contributed by atoms with Crippen molar-refractivity contribution in [3.8, 4) is 28.5 Å². The molecule has 6 heteroatoms. The quantitative estimate of drug-likeness (QED) is 0.686. The molecule has 146 valence electrons. The minimum absolute atomic E-state index is 0.118. The van der Waals surface area contributed by atoms with Gasteiger partial charge in [-0.25, -0.2) is 0 Å². The van der Waals surface area contributed by atoms with Crippen molar-refractivity contribution in [3.63, 3.8) is 0 Å². The monoisotopic (exact) mass is 380 g/mol. The number of likely N-dealkylation sites (tertiary alicyclic amines) is 1. The van der Waals surface area contributed by atoms with Gasteiger partial charge in [0, 0.05) is 24.4 Å². The number of benzene rings is 2. The lowest BCUT2D eigenvalue weighted by molar-refractivity contribution is 0.230. The maximum atomic E-state index is 12.7. The molecule has 28 heavy (non-hydrogen) atoms. The highest BCUT2D eigenvalue weighted by Crippen LogP contribution is 2.39. The second-order valence-electron chi connectivity index (χ2n) is 6.99. The molecule has 3 aromatic rings. The van der Waals surface area contributed by atoms with Crippen LogP contribution >= 0.6 is 0 Å². The van der Waals surface area contributed by atoms with Crippen LogP contribution in [0.25, 0.3) is 22.2 Å². The average Bonchev–Trinajstić information content (AvgIpc) is 3.22. The predicted molar refractivity (Wildman–Crippen MR) is 109 cm³/mol. The average molecular weight is 380 g/mol. The van der Waals surface area contributed by atoms with Crippen molar-refractivity contribution in [1.29, 1.82) is 0 Å². The van der Waals surface area contributed by atoms with Gasteiger partial charge in [0.1, 0.15) is 17.9 Å². The summed E-state index contributed by atoms with van der Waals surface area (Å²) in [6.45, 7) is 3.50. The van der Waals surface area contributed by atoms with Gasteiger partial charge in [0.15, 0.2) is 16.9 Å². The molecule has 1 aliphatic rings. The zero-order chi connectivity index (χ0) is 19.5. The van der Waals surface area contributed by atoms with E-state index in [-0.39, 0.29) is 16.6 Å². The fourth-order valence-electron chi connectivity index (χ4n) is 3.74. The summed E-state index contributed by atoms with van der Waals surface area (Å²) in [5.74, 6) is 0.726. The molecule has 0 unspecified atom stereocenters. The van der Waals surface area contributed by atoms with Crippen LogP contribution in [0.2, 0.25) is 0 Å². The number of pyridine rings is 1. The van der Waals surface area contributed by atoms with Crippen molar-refractivity contribution in [2.45, 2.75) is 12.8 Å². The summed E-state index contributed by atoms with van der Waals surface area (Å²) in [4.78, 5) is 18.3. The molecule has 4 rings (SSSR count). The molecule has 1 aromatic heterocycles. The van der Waals surface area contributed by atoms with Crippen LogP contribution in [-0.2, 0) is 0 Å². The standard InChI is InChI=1S/C22H24N2O4/c1-27-22-19(28-12-11-24-9-5-6-10-24)14-18(26)20-17(25)13-16(23-21(20)22)15-7-3-2-4-8-15/h2-4,7-8,13-14,26H,5-6,9-12H2,1H3,(H,23,25). The van der Waals surface area contributed by atoms with Crippen molar-refractivity contribution >= 4 is 10.9 Å². The molecular weight excluding hydrogens is 356 g/mol. The third kappa shape index (κ3) is 3.55. The number of nitrogens with zero attached hydrogens (tertiary/aromatic N) is 1. The first-order valence-electron chi connectivity index (χ1n) is 9.55. The van der Waals surface area contributed by atoms with Crippen LogP contribution in [0, 0.1) is 0 Å². The fraction of sp³-hybridized carbons (Fsp3) is 0.318. The highest BCUT2D eigenvalue weighted by Gasteiger charge is 2.19. The van der Waals surface area contributed by atoms with Gasteiger partial charge in [-0.1, -0.05) is 30.3 Å². The van der Waals surface area contributed by atoms with E-state index in [9.17, 15) is 9.90 Å². The van der Waals surface area contributed by atoms with Crippen LogP contribution in [0.1, 0.15) is 12.8 Å². The molecule has 0 radical (unpaired) electrons. The Morgan fingerprint density at radius 1 is 1.14 bits per heavy atom. The van der Waals surface area contributed by atoms with E-state index in [4.69, 9.17) is 9.47 Å². The Morgan fingerprint density at radius 3 is 2.61 bits per heavy atom. The van der Waals surface area contributed by atoms with Gasteiger partial charge < -0.3 is 19.6 Å². The van der Waals surface area contributed by atoms with E-state index in [1.54, 1.807) is 0 Å². The molecule has 0 bridgehead atoms. The number of phenolic OH excluding ortho intramolecular Hbond substituents is 1. The van der Waals surface area contributed by atoms with E-state index in [1.165, 1.54) is 32.1 Å². The Morgan fingerprint density at radius 2 is 1.89 bits per heavy atom. The molecule has 1 fully saturated rings. The van der Waals surface area contributed by atoms with E-state index in [0.717, 1.165) is 25.2 Å². The van der Waals surface area contributed by atoms with E-state index in [2.05, 4.69) is 9.88 Å². The molecule has 1 saturated heterocycles. The molecule has 0 aliphatic carbocycles. The second kappa shape index (κ2) is 7.94. The Bertz CT molecular complexity index is 1020. The highest BCUT2D eigenvalue weighted by molar-refractivity contribution is 5.93. The fourth-order valence-corrected chi connectivity index (χ4v) is 3.74. The van der Waals surface area contributed by atoms with E-state index in [1.807, 2.05) is 30.3 Å². The number of aromatic hydroxyl groups is 1. The van der Waals surface area contributed by atoms with Gasteiger partial charge >= 0.3 is 0 Å². The van der Waals surface area contributed by atoms with Crippen molar-refractivity contribution < 1.29 is 14.6 Å². The van der Waals surface area contributed by atoms with Crippen molar-refractivity contribution in [2.24, 2.45) is 0 Å². The number of aromatic nitrogens is 1. The number of phenols is 1. The molecule has 6 nitrogen and oxygen atoms in total.